The minimum atomic E-state index is -0.866. The second-order valence-corrected chi connectivity index (χ2v) is 5.78. The molecule has 0 saturated carbocycles. The first kappa shape index (κ1) is 15.9. The molecule has 0 bridgehead atoms. The van der Waals surface area contributed by atoms with Crippen LogP contribution in [0.2, 0.25) is 10.0 Å². The van der Waals surface area contributed by atoms with Crippen LogP contribution in [0, 0.1) is 5.92 Å². The van der Waals surface area contributed by atoms with E-state index in [2.05, 4.69) is 0 Å². The third-order valence-electron chi connectivity index (χ3n) is 3.32. The Balaban J connectivity index is 1.90. The SMILES string of the molecule is O=C(O)C1CCCN(C(=O)COc2cc(Cl)cc(Cl)c2)C1. The quantitative estimate of drug-likeness (QED) is 0.921. The summed E-state index contributed by atoms with van der Waals surface area (Å²) in [6, 6.07) is 4.70. The maximum absolute atomic E-state index is 12.1. The fourth-order valence-corrected chi connectivity index (χ4v) is 2.76. The largest absolute Gasteiger partial charge is 0.484 e. The van der Waals surface area contributed by atoms with Crippen molar-refractivity contribution in [1.82, 2.24) is 4.90 Å². The van der Waals surface area contributed by atoms with E-state index in [9.17, 15) is 9.59 Å². The molecular formula is C14H15Cl2NO4. The van der Waals surface area contributed by atoms with Crippen molar-refractivity contribution >= 4 is 35.1 Å². The molecule has 1 amide bonds. The van der Waals surface area contributed by atoms with Crippen LogP contribution in [0.15, 0.2) is 18.2 Å². The van der Waals surface area contributed by atoms with Crippen LogP contribution in [0.3, 0.4) is 0 Å². The lowest BCUT2D eigenvalue weighted by Gasteiger charge is -2.30. The molecule has 2 rings (SSSR count). The summed E-state index contributed by atoms with van der Waals surface area (Å²) in [6.07, 6.45) is 1.29. The third-order valence-corrected chi connectivity index (χ3v) is 3.76. The van der Waals surface area contributed by atoms with Crippen LogP contribution < -0.4 is 4.74 Å². The van der Waals surface area contributed by atoms with Crippen LogP contribution in [0.1, 0.15) is 12.8 Å². The number of carboxylic acids is 1. The van der Waals surface area contributed by atoms with E-state index in [0.717, 1.165) is 0 Å². The van der Waals surface area contributed by atoms with Crippen LogP contribution in [0.5, 0.6) is 5.75 Å². The number of nitrogens with zero attached hydrogens (tertiary/aromatic N) is 1. The highest BCUT2D eigenvalue weighted by atomic mass is 35.5. The number of rotatable bonds is 4. The molecule has 1 fully saturated rings. The van der Waals surface area contributed by atoms with Gasteiger partial charge in [0.1, 0.15) is 5.75 Å². The highest BCUT2D eigenvalue weighted by Crippen LogP contribution is 2.24. The summed E-state index contributed by atoms with van der Waals surface area (Å²) in [4.78, 5) is 24.6. The van der Waals surface area contributed by atoms with E-state index in [1.54, 1.807) is 18.2 Å². The zero-order chi connectivity index (χ0) is 15.4. The highest BCUT2D eigenvalue weighted by molar-refractivity contribution is 6.34. The topological polar surface area (TPSA) is 66.8 Å². The van der Waals surface area contributed by atoms with Crippen molar-refractivity contribution < 1.29 is 19.4 Å². The van der Waals surface area contributed by atoms with E-state index < -0.39 is 11.9 Å². The molecule has 1 aliphatic rings. The van der Waals surface area contributed by atoms with Crippen molar-refractivity contribution in [2.75, 3.05) is 19.7 Å². The van der Waals surface area contributed by atoms with Crippen LogP contribution in [-0.4, -0.2) is 41.6 Å². The van der Waals surface area contributed by atoms with E-state index in [0.29, 0.717) is 35.2 Å². The van der Waals surface area contributed by atoms with Crippen LogP contribution in [0.4, 0.5) is 0 Å². The van der Waals surface area contributed by atoms with Gasteiger partial charge in [0, 0.05) is 23.1 Å². The Labute approximate surface area is 132 Å². The van der Waals surface area contributed by atoms with Gasteiger partial charge in [-0.1, -0.05) is 23.2 Å². The van der Waals surface area contributed by atoms with Crippen LogP contribution in [0.25, 0.3) is 0 Å². The average Bonchev–Trinajstić information content (AvgIpc) is 2.44. The lowest BCUT2D eigenvalue weighted by atomic mass is 9.98. The van der Waals surface area contributed by atoms with Gasteiger partial charge in [0.2, 0.25) is 0 Å². The predicted octanol–water partition coefficient (Wildman–Crippen LogP) is 2.70. The summed E-state index contributed by atoms with van der Waals surface area (Å²) < 4.78 is 5.37. The zero-order valence-electron chi connectivity index (χ0n) is 11.2. The normalized spacial score (nSPS) is 18.4. The van der Waals surface area contributed by atoms with Crippen LogP contribution >= 0.6 is 23.2 Å². The zero-order valence-corrected chi connectivity index (χ0v) is 12.7. The first-order valence-electron chi connectivity index (χ1n) is 6.55. The molecule has 1 aromatic rings. The highest BCUT2D eigenvalue weighted by Gasteiger charge is 2.28. The minimum absolute atomic E-state index is 0.164. The van der Waals surface area contributed by atoms with E-state index in [4.69, 9.17) is 33.0 Å². The maximum atomic E-state index is 12.1. The maximum Gasteiger partial charge on any atom is 0.308 e. The Morgan fingerprint density at radius 1 is 1.29 bits per heavy atom. The minimum Gasteiger partial charge on any atom is -0.484 e. The number of hydrogen-bond acceptors (Lipinski definition) is 3. The van der Waals surface area contributed by atoms with Gasteiger partial charge >= 0.3 is 5.97 Å². The number of aliphatic carboxylic acids is 1. The monoisotopic (exact) mass is 331 g/mol. The van der Waals surface area contributed by atoms with Gasteiger partial charge in [-0.15, -0.1) is 0 Å². The van der Waals surface area contributed by atoms with E-state index >= 15 is 0 Å². The molecule has 0 aromatic heterocycles. The number of halogens is 2. The molecule has 21 heavy (non-hydrogen) atoms. The first-order chi connectivity index (χ1) is 9.95. The Bertz CT molecular complexity index is 530. The van der Waals surface area contributed by atoms with Crippen molar-refractivity contribution in [3.05, 3.63) is 28.2 Å². The summed E-state index contributed by atoms with van der Waals surface area (Å²) in [6.45, 7) is 0.624. The van der Waals surface area contributed by atoms with E-state index in [1.165, 1.54) is 4.90 Å². The molecular weight excluding hydrogens is 317 g/mol. The molecule has 0 aliphatic carbocycles. The number of benzene rings is 1. The fourth-order valence-electron chi connectivity index (χ4n) is 2.25. The molecule has 7 heteroatoms. The number of carbonyl (C=O) groups is 2. The van der Waals surface area contributed by atoms with Crippen molar-refractivity contribution in [3.63, 3.8) is 0 Å². The fraction of sp³-hybridized carbons (Fsp3) is 0.429. The second-order valence-electron chi connectivity index (χ2n) is 4.91. The van der Waals surface area contributed by atoms with Gasteiger partial charge < -0.3 is 14.7 Å². The van der Waals surface area contributed by atoms with Gasteiger partial charge in [0.15, 0.2) is 6.61 Å². The smallest absolute Gasteiger partial charge is 0.308 e. The predicted molar refractivity (Wildman–Crippen MR) is 78.9 cm³/mol. The Hall–Kier alpha value is -1.46. The number of piperidine rings is 1. The van der Waals surface area contributed by atoms with Crippen LogP contribution in [-0.2, 0) is 9.59 Å². The summed E-state index contributed by atoms with van der Waals surface area (Å²) in [7, 11) is 0. The Morgan fingerprint density at radius 2 is 1.95 bits per heavy atom. The molecule has 1 unspecified atom stereocenters. The van der Waals surface area contributed by atoms with Crippen molar-refractivity contribution in [3.8, 4) is 5.75 Å². The number of likely N-dealkylation sites (tertiary alicyclic amines) is 1. The molecule has 1 N–H and O–H groups in total. The molecule has 1 heterocycles. The number of carboxylic acid groups (broad SMARTS) is 1. The number of hydrogen-bond donors (Lipinski definition) is 1. The molecule has 5 nitrogen and oxygen atoms in total. The molecule has 114 valence electrons. The first-order valence-corrected chi connectivity index (χ1v) is 7.31. The molecule has 1 aromatic carbocycles. The van der Waals surface area contributed by atoms with Crippen molar-refractivity contribution in [2.45, 2.75) is 12.8 Å². The molecule has 1 saturated heterocycles. The standard InChI is InChI=1S/C14H15Cl2NO4/c15-10-4-11(16)6-12(5-10)21-8-13(18)17-3-1-2-9(7-17)14(19)20/h4-6,9H,1-3,7-8H2,(H,19,20). The summed E-state index contributed by atoms with van der Waals surface area (Å²) in [5, 5.41) is 9.86. The summed E-state index contributed by atoms with van der Waals surface area (Å²) >= 11 is 11.7. The van der Waals surface area contributed by atoms with Gasteiger partial charge in [-0.25, -0.2) is 0 Å². The van der Waals surface area contributed by atoms with Gasteiger partial charge in [0.25, 0.3) is 5.91 Å². The second kappa shape index (κ2) is 7.00. The van der Waals surface area contributed by atoms with Gasteiger partial charge in [-0.3, -0.25) is 9.59 Å². The molecule has 0 radical (unpaired) electrons. The van der Waals surface area contributed by atoms with Gasteiger partial charge in [-0.2, -0.15) is 0 Å². The number of ether oxygens (including phenoxy) is 1. The molecule has 0 spiro atoms. The number of amides is 1. The van der Waals surface area contributed by atoms with Crippen molar-refractivity contribution in [1.29, 1.82) is 0 Å². The molecule has 1 atom stereocenters. The number of carbonyl (C=O) groups excluding carboxylic acids is 1. The van der Waals surface area contributed by atoms with E-state index in [-0.39, 0.29) is 19.1 Å². The Kier molecular flexibility index (Phi) is 5.31. The van der Waals surface area contributed by atoms with E-state index in [1.807, 2.05) is 0 Å². The molecule has 1 aliphatic heterocycles. The Morgan fingerprint density at radius 3 is 2.57 bits per heavy atom. The lowest BCUT2D eigenvalue weighted by Crippen LogP contribution is -2.44. The third kappa shape index (κ3) is 4.51. The summed E-state index contributed by atoms with van der Waals surface area (Å²) in [5.41, 5.74) is 0. The average molecular weight is 332 g/mol. The van der Waals surface area contributed by atoms with Gasteiger partial charge in [0.05, 0.1) is 5.92 Å². The van der Waals surface area contributed by atoms with Crippen molar-refractivity contribution in [2.24, 2.45) is 5.92 Å². The van der Waals surface area contributed by atoms with Gasteiger partial charge in [-0.05, 0) is 31.0 Å². The summed E-state index contributed by atoms with van der Waals surface area (Å²) in [5.74, 6) is -1.19. The lowest BCUT2D eigenvalue weighted by molar-refractivity contribution is -0.146.